The Hall–Kier alpha value is -3.80. The van der Waals surface area contributed by atoms with Gasteiger partial charge in [-0.25, -0.2) is 22.2 Å². The van der Waals surface area contributed by atoms with Crippen molar-refractivity contribution in [3.05, 3.63) is 72.1 Å². The van der Waals surface area contributed by atoms with Crippen molar-refractivity contribution in [2.75, 3.05) is 0 Å². The second-order valence-electron chi connectivity index (χ2n) is 7.00. The SMILES string of the molecule is CC(F)(F)c1cncc(S(=O)(=O)c2ccc(CNC(=O)c3cnc4[nH]ncc4c3)nc2)c1. The van der Waals surface area contributed by atoms with E-state index in [0.29, 0.717) is 29.2 Å². The Kier molecular flexibility index (Phi) is 5.38. The number of fused-ring (bicyclic) bond motifs is 1. The Balaban J connectivity index is 1.47. The van der Waals surface area contributed by atoms with Crippen LogP contribution in [0.15, 0.2) is 65.0 Å². The molecule has 0 aliphatic heterocycles. The molecule has 4 aromatic heterocycles. The molecular formula is C20H16F2N6O3S. The minimum Gasteiger partial charge on any atom is -0.346 e. The molecule has 0 radical (unpaired) electrons. The van der Waals surface area contributed by atoms with Gasteiger partial charge in [-0.05, 0) is 24.3 Å². The van der Waals surface area contributed by atoms with Gasteiger partial charge >= 0.3 is 0 Å². The molecule has 9 nitrogen and oxygen atoms in total. The maximum Gasteiger partial charge on any atom is 0.272 e. The summed E-state index contributed by atoms with van der Waals surface area (Å²) < 4.78 is 52.5. The summed E-state index contributed by atoms with van der Waals surface area (Å²) in [6.07, 6.45) is 5.98. The highest BCUT2D eigenvalue weighted by Gasteiger charge is 2.27. The fraction of sp³-hybridized carbons (Fsp3) is 0.150. The van der Waals surface area contributed by atoms with E-state index in [1.165, 1.54) is 18.3 Å². The van der Waals surface area contributed by atoms with Crippen LogP contribution in [0.5, 0.6) is 0 Å². The number of alkyl halides is 2. The van der Waals surface area contributed by atoms with Crippen molar-refractivity contribution in [2.24, 2.45) is 0 Å². The van der Waals surface area contributed by atoms with E-state index in [4.69, 9.17) is 0 Å². The van der Waals surface area contributed by atoms with Crippen LogP contribution in [0.4, 0.5) is 8.78 Å². The van der Waals surface area contributed by atoms with E-state index in [1.54, 1.807) is 12.3 Å². The number of hydrogen-bond acceptors (Lipinski definition) is 7. The first-order valence-corrected chi connectivity index (χ1v) is 10.7. The predicted molar refractivity (Wildman–Crippen MR) is 109 cm³/mol. The molecule has 0 aliphatic carbocycles. The molecule has 12 heteroatoms. The standard InChI is InChI=1S/C20H16F2N6O3S/c1-20(21,22)14-5-17(10-23-8-14)32(30,31)16-3-2-15(24-11-16)9-26-19(29)13-4-12-7-27-28-18(12)25-6-13/h2-8,10-11H,9H2,1H3,(H,26,29)(H,25,27,28). The highest BCUT2D eigenvalue weighted by atomic mass is 32.2. The van der Waals surface area contributed by atoms with Crippen LogP contribution >= 0.6 is 0 Å². The normalized spacial score (nSPS) is 12.1. The van der Waals surface area contributed by atoms with Gasteiger partial charge in [0, 0.05) is 42.7 Å². The van der Waals surface area contributed by atoms with Gasteiger partial charge in [0.1, 0.15) is 0 Å². The molecule has 0 spiro atoms. The summed E-state index contributed by atoms with van der Waals surface area (Å²) in [5.74, 6) is -3.61. The monoisotopic (exact) mass is 458 g/mol. The molecule has 0 unspecified atom stereocenters. The van der Waals surface area contributed by atoms with Crippen molar-refractivity contribution >= 4 is 26.8 Å². The van der Waals surface area contributed by atoms with E-state index < -0.39 is 21.3 Å². The fourth-order valence-electron chi connectivity index (χ4n) is 2.85. The molecule has 32 heavy (non-hydrogen) atoms. The van der Waals surface area contributed by atoms with Crippen LogP contribution in [-0.2, 0) is 22.3 Å². The lowest BCUT2D eigenvalue weighted by Gasteiger charge is -2.12. The average Bonchev–Trinajstić information content (AvgIpc) is 3.25. The summed E-state index contributed by atoms with van der Waals surface area (Å²) in [5.41, 5.74) is 0.789. The van der Waals surface area contributed by atoms with Gasteiger partial charge in [0.25, 0.3) is 11.8 Å². The zero-order chi connectivity index (χ0) is 22.9. The van der Waals surface area contributed by atoms with Gasteiger partial charge < -0.3 is 5.32 Å². The number of amides is 1. The molecule has 0 aliphatic rings. The van der Waals surface area contributed by atoms with E-state index in [1.807, 2.05) is 0 Å². The van der Waals surface area contributed by atoms with Crippen LogP contribution in [0.25, 0.3) is 11.0 Å². The Morgan fingerprint density at radius 2 is 1.88 bits per heavy atom. The molecule has 164 valence electrons. The molecule has 1 amide bonds. The molecule has 4 aromatic rings. The molecule has 0 bridgehead atoms. The van der Waals surface area contributed by atoms with Crippen LogP contribution in [0.2, 0.25) is 0 Å². The Morgan fingerprint density at radius 1 is 1.06 bits per heavy atom. The summed E-state index contributed by atoms with van der Waals surface area (Å²) >= 11 is 0. The number of halogens is 2. The lowest BCUT2D eigenvalue weighted by atomic mass is 10.2. The summed E-state index contributed by atoms with van der Waals surface area (Å²) in [6, 6.07) is 5.24. The van der Waals surface area contributed by atoms with Crippen molar-refractivity contribution < 1.29 is 22.0 Å². The molecule has 0 saturated carbocycles. The molecule has 4 heterocycles. The van der Waals surface area contributed by atoms with E-state index in [9.17, 15) is 22.0 Å². The molecule has 4 rings (SSSR count). The zero-order valence-electron chi connectivity index (χ0n) is 16.6. The molecule has 0 atom stereocenters. The zero-order valence-corrected chi connectivity index (χ0v) is 17.4. The largest absolute Gasteiger partial charge is 0.346 e. The Morgan fingerprint density at radius 3 is 2.59 bits per heavy atom. The van der Waals surface area contributed by atoms with Gasteiger partial charge in [-0.2, -0.15) is 5.10 Å². The quantitative estimate of drug-likeness (QED) is 0.454. The first kappa shape index (κ1) is 21.4. The number of sulfone groups is 1. The third-order valence-corrected chi connectivity index (χ3v) is 6.33. The molecule has 0 aromatic carbocycles. The van der Waals surface area contributed by atoms with E-state index in [2.05, 4.69) is 30.5 Å². The lowest BCUT2D eigenvalue weighted by molar-refractivity contribution is 0.0169. The molecule has 0 fully saturated rings. The van der Waals surface area contributed by atoms with Crippen molar-refractivity contribution in [1.29, 1.82) is 0 Å². The number of hydrogen-bond donors (Lipinski definition) is 2. The number of nitrogens with zero attached hydrogens (tertiary/aromatic N) is 4. The van der Waals surface area contributed by atoms with Crippen molar-refractivity contribution in [3.63, 3.8) is 0 Å². The lowest BCUT2D eigenvalue weighted by Crippen LogP contribution is -2.23. The van der Waals surface area contributed by atoms with Crippen LogP contribution in [0.3, 0.4) is 0 Å². The summed E-state index contributed by atoms with van der Waals surface area (Å²) in [7, 11) is -4.09. The summed E-state index contributed by atoms with van der Waals surface area (Å²) in [5, 5.41) is 9.89. The van der Waals surface area contributed by atoms with Crippen LogP contribution in [0.1, 0.15) is 28.5 Å². The van der Waals surface area contributed by atoms with Crippen molar-refractivity contribution in [3.8, 4) is 0 Å². The summed E-state index contributed by atoms with van der Waals surface area (Å²) in [6.45, 7) is 0.704. The number of carbonyl (C=O) groups is 1. The maximum atomic E-state index is 13.5. The number of nitrogens with one attached hydrogen (secondary N) is 2. The average molecular weight is 458 g/mol. The smallest absolute Gasteiger partial charge is 0.272 e. The van der Waals surface area contributed by atoms with Crippen LogP contribution in [0, 0.1) is 0 Å². The molecular weight excluding hydrogens is 442 g/mol. The minimum absolute atomic E-state index is 0.0433. The highest BCUT2D eigenvalue weighted by Crippen LogP contribution is 2.29. The number of carbonyl (C=O) groups excluding carboxylic acids is 1. The highest BCUT2D eigenvalue weighted by molar-refractivity contribution is 7.91. The van der Waals surface area contributed by atoms with Crippen LogP contribution in [-0.4, -0.2) is 39.5 Å². The van der Waals surface area contributed by atoms with Crippen molar-refractivity contribution in [1.82, 2.24) is 30.5 Å². The maximum absolute atomic E-state index is 13.5. The predicted octanol–water partition coefficient (Wildman–Crippen LogP) is 2.62. The van der Waals surface area contributed by atoms with Gasteiger partial charge in [-0.15, -0.1) is 0 Å². The Labute approximate surface area is 180 Å². The number of aromatic nitrogens is 5. The van der Waals surface area contributed by atoms with Gasteiger partial charge in [-0.1, -0.05) is 0 Å². The van der Waals surface area contributed by atoms with Gasteiger partial charge in [-0.3, -0.25) is 19.9 Å². The van der Waals surface area contributed by atoms with Gasteiger partial charge in [0.2, 0.25) is 9.84 Å². The number of aromatic amines is 1. The van der Waals surface area contributed by atoms with Gasteiger partial charge in [0.05, 0.1) is 33.8 Å². The minimum atomic E-state index is -4.09. The topological polar surface area (TPSA) is 131 Å². The first-order chi connectivity index (χ1) is 15.1. The number of rotatable bonds is 6. The van der Waals surface area contributed by atoms with E-state index in [-0.39, 0.29) is 22.2 Å². The van der Waals surface area contributed by atoms with E-state index >= 15 is 0 Å². The van der Waals surface area contributed by atoms with Crippen LogP contribution < -0.4 is 5.32 Å². The van der Waals surface area contributed by atoms with Crippen molar-refractivity contribution in [2.45, 2.75) is 29.2 Å². The third kappa shape index (κ3) is 4.30. The third-order valence-electron chi connectivity index (χ3n) is 4.62. The summed E-state index contributed by atoms with van der Waals surface area (Å²) in [4.78, 5) is 23.6. The molecule has 0 saturated heterocycles. The van der Waals surface area contributed by atoms with Gasteiger partial charge in [0.15, 0.2) is 5.65 Å². The number of pyridine rings is 3. The first-order valence-electron chi connectivity index (χ1n) is 9.25. The number of H-pyrrole nitrogens is 1. The second kappa shape index (κ2) is 8.04. The Bertz CT molecular complexity index is 1400. The van der Waals surface area contributed by atoms with E-state index in [0.717, 1.165) is 24.7 Å². The fourth-order valence-corrected chi connectivity index (χ4v) is 4.04. The second-order valence-corrected chi connectivity index (χ2v) is 8.95. The molecule has 2 N–H and O–H groups in total.